The normalized spacial score (nSPS) is 23.4. The number of benzene rings is 1. The van der Waals surface area contributed by atoms with Gasteiger partial charge in [0.15, 0.2) is 0 Å². The van der Waals surface area contributed by atoms with Crippen LogP contribution in [0.4, 0.5) is 0 Å². The first kappa shape index (κ1) is 14.3. The molecule has 1 aromatic rings. The molecule has 0 spiro atoms. The first-order valence-corrected chi connectivity index (χ1v) is 7.81. The number of nitrogens with zero attached hydrogens (tertiary/aromatic N) is 1. The van der Waals surface area contributed by atoms with Crippen LogP contribution >= 0.6 is 11.6 Å². The van der Waals surface area contributed by atoms with Gasteiger partial charge in [-0.2, -0.15) is 4.31 Å². The number of rotatable bonds is 3. The number of hydrogen-bond acceptors (Lipinski definition) is 2. The van der Waals surface area contributed by atoms with E-state index in [2.05, 4.69) is 6.58 Å². The van der Waals surface area contributed by atoms with Crippen LogP contribution in [-0.4, -0.2) is 25.8 Å². The van der Waals surface area contributed by atoms with Gasteiger partial charge in [0.1, 0.15) is 0 Å². The number of halogens is 1. The molecule has 0 aliphatic carbocycles. The van der Waals surface area contributed by atoms with E-state index in [0.717, 1.165) is 5.57 Å². The number of allylic oxidation sites excluding steroid dienone is 1. The minimum Gasteiger partial charge on any atom is -0.207 e. The van der Waals surface area contributed by atoms with E-state index >= 15 is 0 Å². The third-order valence-electron chi connectivity index (χ3n) is 3.30. The second-order valence-electron chi connectivity index (χ2n) is 4.51. The molecule has 0 amide bonds. The monoisotopic (exact) mass is 297 g/mol. The molecular formula is C14H16ClNO2S. The maximum absolute atomic E-state index is 12.5. The SMILES string of the molecule is C=CC1CN(S(=O)(=O)c2ccccc2)C/C1=C(\C)Cl. The quantitative estimate of drug-likeness (QED) is 0.804. The minimum absolute atomic E-state index is 0.00372. The van der Waals surface area contributed by atoms with Crippen LogP contribution < -0.4 is 0 Å². The molecule has 3 nitrogen and oxygen atoms in total. The van der Waals surface area contributed by atoms with E-state index in [1.165, 1.54) is 4.31 Å². The molecule has 1 saturated heterocycles. The second-order valence-corrected chi connectivity index (χ2v) is 7.02. The molecule has 1 aliphatic rings. The molecular weight excluding hydrogens is 282 g/mol. The van der Waals surface area contributed by atoms with Crippen molar-refractivity contribution in [2.75, 3.05) is 13.1 Å². The lowest BCUT2D eigenvalue weighted by Crippen LogP contribution is -2.28. The van der Waals surface area contributed by atoms with Gasteiger partial charge in [-0.05, 0) is 24.6 Å². The highest BCUT2D eigenvalue weighted by atomic mass is 35.5. The second kappa shape index (κ2) is 5.49. The number of hydrogen-bond donors (Lipinski definition) is 0. The Balaban J connectivity index is 2.35. The van der Waals surface area contributed by atoms with Crippen LogP contribution in [0.25, 0.3) is 0 Å². The predicted molar refractivity (Wildman–Crippen MR) is 77.4 cm³/mol. The smallest absolute Gasteiger partial charge is 0.207 e. The fraction of sp³-hybridized carbons (Fsp3) is 0.286. The Bertz CT molecular complexity index is 604. The molecule has 0 saturated carbocycles. The zero-order valence-corrected chi connectivity index (χ0v) is 12.3. The maximum atomic E-state index is 12.5. The Labute approximate surface area is 119 Å². The topological polar surface area (TPSA) is 37.4 Å². The molecule has 102 valence electrons. The lowest BCUT2D eigenvalue weighted by Gasteiger charge is -2.15. The average Bonchev–Trinajstić information content (AvgIpc) is 2.84. The Hall–Kier alpha value is -1.10. The molecule has 1 unspecified atom stereocenters. The van der Waals surface area contributed by atoms with Crippen molar-refractivity contribution < 1.29 is 8.42 Å². The van der Waals surface area contributed by atoms with Crippen LogP contribution in [0.5, 0.6) is 0 Å². The van der Waals surface area contributed by atoms with Crippen LogP contribution in [0, 0.1) is 5.92 Å². The Kier molecular flexibility index (Phi) is 4.13. The Morgan fingerprint density at radius 2 is 2.05 bits per heavy atom. The Morgan fingerprint density at radius 3 is 2.53 bits per heavy atom. The summed E-state index contributed by atoms with van der Waals surface area (Å²) in [5, 5.41) is 0.649. The lowest BCUT2D eigenvalue weighted by atomic mass is 10.0. The largest absolute Gasteiger partial charge is 0.243 e. The summed E-state index contributed by atoms with van der Waals surface area (Å²) in [6.45, 7) is 6.27. The molecule has 19 heavy (non-hydrogen) atoms. The van der Waals surface area contributed by atoms with Crippen molar-refractivity contribution in [2.45, 2.75) is 11.8 Å². The van der Waals surface area contributed by atoms with E-state index in [-0.39, 0.29) is 5.92 Å². The van der Waals surface area contributed by atoms with Gasteiger partial charge in [0, 0.05) is 24.0 Å². The molecule has 1 atom stereocenters. The highest BCUT2D eigenvalue weighted by Crippen LogP contribution is 2.31. The summed E-state index contributed by atoms with van der Waals surface area (Å²) in [6.07, 6.45) is 1.75. The van der Waals surface area contributed by atoms with Crippen molar-refractivity contribution in [3.63, 3.8) is 0 Å². The molecule has 0 aromatic heterocycles. The van der Waals surface area contributed by atoms with Crippen LogP contribution in [0.15, 0.2) is 58.5 Å². The molecule has 1 aliphatic heterocycles. The van der Waals surface area contributed by atoms with Gasteiger partial charge in [-0.25, -0.2) is 8.42 Å². The number of sulfonamides is 1. The van der Waals surface area contributed by atoms with Crippen molar-refractivity contribution in [3.05, 3.63) is 53.6 Å². The van der Waals surface area contributed by atoms with Gasteiger partial charge in [0.25, 0.3) is 0 Å². The summed E-state index contributed by atoms with van der Waals surface area (Å²) in [5.74, 6) is -0.00372. The van der Waals surface area contributed by atoms with E-state index in [1.807, 2.05) is 0 Å². The van der Waals surface area contributed by atoms with Crippen molar-refractivity contribution >= 4 is 21.6 Å². The van der Waals surface area contributed by atoms with Crippen LogP contribution in [0.2, 0.25) is 0 Å². The fourth-order valence-electron chi connectivity index (χ4n) is 2.21. The lowest BCUT2D eigenvalue weighted by molar-refractivity contribution is 0.471. The molecule has 0 radical (unpaired) electrons. The zero-order chi connectivity index (χ0) is 14.0. The van der Waals surface area contributed by atoms with Gasteiger partial charge in [-0.3, -0.25) is 0 Å². The molecule has 1 fully saturated rings. The van der Waals surface area contributed by atoms with Gasteiger partial charge >= 0.3 is 0 Å². The highest BCUT2D eigenvalue weighted by Gasteiger charge is 2.35. The highest BCUT2D eigenvalue weighted by molar-refractivity contribution is 7.89. The first-order valence-electron chi connectivity index (χ1n) is 5.99. The average molecular weight is 298 g/mol. The van der Waals surface area contributed by atoms with Crippen molar-refractivity contribution in [3.8, 4) is 0 Å². The van der Waals surface area contributed by atoms with Crippen LogP contribution in [0.3, 0.4) is 0 Å². The molecule has 0 bridgehead atoms. The van der Waals surface area contributed by atoms with Crippen molar-refractivity contribution in [1.29, 1.82) is 0 Å². The summed E-state index contributed by atoms with van der Waals surface area (Å²) in [4.78, 5) is 0.311. The third kappa shape index (κ3) is 2.76. The zero-order valence-electron chi connectivity index (χ0n) is 10.7. The van der Waals surface area contributed by atoms with E-state index in [9.17, 15) is 8.42 Å². The van der Waals surface area contributed by atoms with Gasteiger partial charge in [-0.15, -0.1) is 6.58 Å². The van der Waals surface area contributed by atoms with E-state index in [1.54, 1.807) is 43.3 Å². The maximum Gasteiger partial charge on any atom is 0.243 e. The van der Waals surface area contributed by atoms with Crippen LogP contribution in [-0.2, 0) is 10.0 Å². The Morgan fingerprint density at radius 1 is 1.42 bits per heavy atom. The molecule has 5 heteroatoms. The van der Waals surface area contributed by atoms with E-state index in [0.29, 0.717) is 23.0 Å². The van der Waals surface area contributed by atoms with Gasteiger partial charge < -0.3 is 0 Å². The molecule has 1 heterocycles. The van der Waals surface area contributed by atoms with Crippen molar-refractivity contribution in [1.82, 2.24) is 4.31 Å². The van der Waals surface area contributed by atoms with E-state index in [4.69, 9.17) is 11.6 Å². The predicted octanol–water partition coefficient (Wildman–Crippen LogP) is 3.01. The molecule has 0 N–H and O–H groups in total. The van der Waals surface area contributed by atoms with Gasteiger partial charge in [0.2, 0.25) is 10.0 Å². The van der Waals surface area contributed by atoms with Gasteiger partial charge in [-0.1, -0.05) is 35.9 Å². The summed E-state index contributed by atoms with van der Waals surface area (Å²) in [6, 6.07) is 8.44. The first-order chi connectivity index (χ1) is 8.96. The standard InChI is InChI=1S/C14H16ClNO2S/c1-3-12-9-16(10-14(12)11(2)15)19(17,18)13-7-5-4-6-8-13/h3-8,12H,1,9-10H2,2H3/b14-11-. The molecule has 2 rings (SSSR count). The fourth-order valence-corrected chi connectivity index (χ4v) is 3.87. The van der Waals surface area contributed by atoms with Gasteiger partial charge in [0.05, 0.1) is 4.90 Å². The summed E-state index contributed by atoms with van der Waals surface area (Å²) in [5.41, 5.74) is 0.927. The summed E-state index contributed by atoms with van der Waals surface area (Å²) < 4.78 is 26.4. The summed E-state index contributed by atoms with van der Waals surface area (Å²) >= 11 is 6.03. The van der Waals surface area contributed by atoms with Crippen molar-refractivity contribution in [2.24, 2.45) is 5.92 Å². The minimum atomic E-state index is -3.46. The summed E-state index contributed by atoms with van der Waals surface area (Å²) in [7, 11) is -3.46. The van der Waals surface area contributed by atoms with E-state index < -0.39 is 10.0 Å². The van der Waals surface area contributed by atoms with Crippen LogP contribution in [0.1, 0.15) is 6.92 Å². The third-order valence-corrected chi connectivity index (χ3v) is 5.37. The molecule has 1 aromatic carbocycles.